The highest BCUT2D eigenvalue weighted by molar-refractivity contribution is 7.07. The van der Waals surface area contributed by atoms with Crippen LogP contribution in [0.1, 0.15) is 30.0 Å². The highest BCUT2D eigenvalue weighted by atomic mass is 32.1. The molecular formula is C21H30N2O3S. The summed E-state index contributed by atoms with van der Waals surface area (Å²) < 4.78 is 5.58. The summed E-state index contributed by atoms with van der Waals surface area (Å²) in [4.78, 5) is 4.94. The Morgan fingerprint density at radius 1 is 1.15 bits per heavy atom. The van der Waals surface area contributed by atoms with Crippen LogP contribution in [-0.4, -0.2) is 58.9 Å². The Bertz CT molecular complexity index is 693. The predicted octanol–water partition coefficient (Wildman–Crippen LogP) is 2.71. The van der Waals surface area contributed by atoms with Crippen LogP contribution in [0.3, 0.4) is 0 Å². The van der Waals surface area contributed by atoms with E-state index in [0.29, 0.717) is 12.6 Å². The van der Waals surface area contributed by atoms with E-state index in [1.807, 2.05) is 19.1 Å². The number of aliphatic hydroxyl groups is 2. The summed E-state index contributed by atoms with van der Waals surface area (Å²) in [5, 5.41) is 23.4. The predicted molar refractivity (Wildman–Crippen MR) is 109 cm³/mol. The maximum atomic E-state index is 9.62. The summed E-state index contributed by atoms with van der Waals surface area (Å²) in [5.41, 5.74) is 3.39. The fourth-order valence-corrected chi connectivity index (χ4v) is 4.42. The molecule has 2 aromatic rings. The molecule has 1 saturated heterocycles. The topological polar surface area (TPSA) is 56.2 Å². The Labute approximate surface area is 165 Å². The molecule has 5 nitrogen and oxygen atoms in total. The van der Waals surface area contributed by atoms with Gasteiger partial charge in [0.1, 0.15) is 5.75 Å². The van der Waals surface area contributed by atoms with Gasteiger partial charge in [-0.3, -0.25) is 9.80 Å². The molecule has 148 valence electrons. The van der Waals surface area contributed by atoms with Crippen molar-refractivity contribution in [3.8, 4) is 5.75 Å². The van der Waals surface area contributed by atoms with Crippen LogP contribution in [0.15, 0.2) is 35.0 Å². The van der Waals surface area contributed by atoms with Gasteiger partial charge in [0.2, 0.25) is 0 Å². The first-order valence-corrected chi connectivity index (χ1v) is 10.6. The van der Waals surface area contributed by atoms with Crippen LogP contribution in [-0.2, 0) is 19.7 Å². The number of rotatable bonds is 9. The number of thiophene rings is 1. The second-order valence-corrected chi connectivity index (χ2v) is 7.82. The van der Waals surface area contributed by atoms with Crippen molar-refractivity contribution in [3.63, 3.8) is 0 Å². The smallest absolute Gasteiger partial charge is 0.124 e. The van der Waals surface area contributed by atoms with Crippen molar-refractivity contribution < 1.29 is 14.9 Å². The minimum atomic E-state index is -0.00920. The van der Waals surface area contributed by atoms with Gasteiger partial charge in [0.25, 0.3) is 0 Å². The lowest BCUT2D eigenvalue weighted by Gasteiger charge is -2.41. The maximum absolute atomic E-state index is 9.62. The SMILES string of the molecule is CCOc1ccc(CN2CCN(Cc3ccsc3)[C@H](CCO)C2)cc1CO. The van der Waals surface area contributed by atoms with Crippen LogP contribution in [0.2, 0.25) is 0 Å². The average Bonchev–Trinajstić information content (AvgIpc) is 3.18. The van der Waals surface area contributed by atoms with E-state index in [9.17, 15) is 10.2 Å². The molecule has 2 N–H and O–H groups in total. The molecule has 0 aliphatic carbocycles. The number of hydrogen-bond donors (Lipinski definition) is 2. The molecule has 2 heterocycles. The largest absolute Gasteiger partial charge is 0.494 e. The minimum absolute atomic E-state index is 0.00920. The van der Waals surface area contributed by atoms with Gasteiger partial charge in [0, 0.05) is 50.9 Å². The molecule has 0 bridgehead atoms. The normalized spacial score (nSPS) is 18.7. The number of aliphatic hydroxyl groups excluding tert-OH is 2. The molecule has 1 atom stereocenters. The second-order valence-electron chi connectivity index (χ2n) is 7.04. The lowest BCUT2D eigenvalue weighted by atomic mass is 10.1. The Morgan fingerprint density at radius 2 is 2.04 bits per heavy atom. The zero-order valence-electron chi connectivity index (χ0n) is 16.0. The van der Waals surface area contributed by atoms with E-state index in [1.165, 1.54) is 11.1 Å². The fourth-order valence-electron chi connectivity index (χ4n) is 3.76. The van der Waals surface area contributed by atoms with Crippen molar-refractivity contribution in [3.05, 3.63) is 51.7 Å². The van der Waals surface area contributed by atoms with Gasteiger partial charge in [-0.2, -0.15) is 11.3 Å². The van der Waals surface area contributed by atoms with Crippen molar-refractivity contribution in [2.45, 2.75) is 39.1 Å². The summed E-state index contributed by atoms with van der Waals surface area (Å²) in [7, 11) is 0. The number of nitrogens with zero attached hydrogens (tertiary/aromatic N) is 2. The van der Waals surface area contributed by atoms with Crippen molar-refractivity contribution in [1.29, 1.82) is 0 Å². The summed E-state index contributed by atoms with van der Waals surface area (Å²) >= 11 is 1.74. The first kappa shape index (κ1) is 20.3. The third kappa shape index (κ3) is 5.53. The molecule has 3 rings (SSSR count). The van der Waals surface area contributed by atoms with Crippen molar-refractivity contribution in [2.75, 3.05) is 32.8 Å². The van der Waals surface area contributed by atoms with Gasteiger partial charge in [0.05, 0.1) is 13.2 Å². The van der Waals surface area contributed by atoms with E-state index in [-0.39, 0.29) is 13.2 Å². The molecule has 1 aliphatic heterocycles. The summed E-state index contributed by atoms with van der Waals surface area (Å²) in [6, 6.07) is 8.64. The average molecular weight is 391 g/mol. The summed E-state index contributed by atoms with van der Waals surface area (Å²) in [5.74, 6) is 0.766. The van der Waals surface area contributed by atoms with Crippen LogP contribution in [0.4, 0.5) is 0 Å². The van der Waals surface area contributed by atoms with Gasteiger partial charge in [-0.1, -0.05) is 6.07 Å². The second kappa shape index (κ2) is 10.2. The van der Waals surface area contributed by atoms with Gasteiger partial charge in [-0.05, 0) is 53.4 Å². The first-order valence-electron chi connectivity index (χ1n) is 9.67. The number of ether oxygens (including phenoxy) is 1. The van der Waals surface area contributed by atoms with E-state index >= 15 is 0 Å². The standard InChI is InChI=1S/C21H30N2O3S/c1-2-26-21-4-3-17(11-19(21)15-25)12-22-7-8-23(20(14-22)5-9-24)13-18-6-10-27-16-18/h3-4,6,10-11,16,20,24-25H,2,5,7-9,12-15H2,1H3/t20-/m1/s1. The Morgan fingerprint density at radius 3 is 2.74 bits per heavy atom. The molecule has 0 radical (unpaired) electrons. The van der Waals surface area contributed by atoms with E-state index in [1.54, 1.807) is 11.3 Å². The molecule has 0 spiro atoms. The van der Waals surface area contributed by atoms with E-state index < -0.39 is 0 Å². The van der Waals surface area contributed by atoms with E-state index in [2.05, 4.69) is 32.7 Å². The molecule has 1 fully saturated rings. The van der Waals surface area contributed by atoms with Crippen molar-refractivity contribution in [1.82, 2.24) is 9.80 Å². The molecule has 6 heteroatoms. The number of hydrogen-bond acceptors (Lipinski definition) is 6. The molecule has 0 unspecified atom stereocenters. The monoisotopic (exact) mass is 390 g/mol. The quantitative estimate of drug-likeness (QED) is 0.690. The first-order chi connectivity index (χ1) is 13.2. The van der Waals surface area contributed by atoms with Gasteiger partial charge in [0.15, 0.2) is 0 Å². The van der Waals surface area contributed by atoms with Gasteiger partial charge in [-0.25, -0.2) is 0 Å². The highest BCUT2D eigenvalue weighted by Crippen LogP contribution is 2.23. The van der Waals surface area contributed by atoms with Gasteiger partial charge in [-0.15, -0.1) is 0 Å². The zero-order valence-corrected chi connectivity index (χ0v) is 16.8. The zero-order chi connectivity index (χ0) is 19.1. The lowest BCUT2D eigenvalue weighted by Crippen LogP contribution is -2.52. The summed E-state index contributed by atoms with van der Waals surface area (Å²) in [6.07, 6.45) is 0.797. The lowest BCUT2D eigenvalue weighted by molar-refractivity contribution is 0.0500. The third-order valence-corrected chi connectivity index (χ3v) is 5.85. The molecule has 1 aromatic heterocycles. The van der Waals surface area contributed by atoms with Gasteiger partial charge < -0.3 is 14.9 Å². The molecule has 1 aromatic carbocycles. The molecule has 1 aliphatic rings. The maximum Gasteiger partial charge on any atom is 0.124 e. The van der Waals surface area contributed by atoms with Crippen LogP contribution in [0.5, 0.6) is 5.75 Å². The van der Waals surface area contributed by atoms with Crippen LogP contribution in [0.25, 0.3) is 0 Å². The fraction of sp³-hybridized carbons (Fsp3) is 0.524. The summed E-state index contributed by atoms with van der Waals surface area (Å²) in [6.45, 7) is 7.53. The number of piperazine rings is 1. The molecule has 27 heavy (non-hydrogen) atoms. The van der Waals surface area contributed by atoms with Crippen molar-refractivity contribution in [2.24, 2.45) is 0 Å². The van der Waals surface area contributed by atoms with Gasteiger partial charge >= 0.3 is 0 Å². The molecule has 0 amide bonds. The number of benzene rings is 1. The van der Waals surface area contributed by atoms with Crippen LogP contribution in [0, 0.1) is 0 Å². The Kier molecular flexibility index (Phi) is 7.67. The third-order valence-electron chi connectivity index (χ3n) is 5.12. The van der Waals surface area contributed by atoms with E-state index in [4.69, 9.17) is 4.74 Å². The van der Waals surface area contributed by atoms with E-state index in [0.717, 1.165) is 50.5 Å². The highest BCUT2D eigenvalue weighted by Gasteiger charge is 2.26. The Balaban J connectivity index is 1.63. The molecular weight excluding hydrogens is 360 g/mol. The Hall–Kier alpha value is -1.44. The van der Waals surface area contributed by atoms with Crippen LogP contribution < -0.4 is 4.74 Å². The molecule has 0 saturated carbocycles. The van der Waals surface area contributed by atoms with Crippen LogP contribution >= 0.6 is 11.3 Å². The van der Waals surface area contributed by atoms with Crippen molar-refractivity contribution >= 4 is 11.3 Å². The minimum Gasteiger partial charge on any atom is -0.494 e.